The van der Waals surface area contributed by atoms with Crippen LogP contribution in [-0.4, -0.2) is 13.6 Å². The average Bonchev–Trinajstić information content (AvgIpc) is 3.00. The summed E-state index contributed by atoms with van der Waals surface area (Å²) in [6.07, 6.45) is 12.6. The lowest BCUT2D eigenvalue weighted by atomic mass is 9.66. The van der Waals surface area contributed by atoms with Crippen molar-refractivity contribution >= 4 is 0 Å². The van der Waals surface area contributed by atoms with Crippen LogP contribution < -0.4 is 5.32 Å². The van der Waals surface area contributed by atoms with Crippen molar-refractivity contribution < 1.29 is 4.39 Å². The number of hydrogen-bond acceptors (Lipinski definition) is 1. The van der Waals surface area contributed by atoms with Crippen molar-refractivity contribution in [2.24, 2.45) is 17.3 Å². The molecule has 148 valence electrons. The van der Waals surface area contributed by atoms with Gasteiger partial charge in [-0.05, 0) is 98.6 Å². The van der Waals surface area contributed by atoms with Gasteiger partial charge in [-0.15, -0.1) is 0 Å². The standard InChI is InChI=1S/C25H36FN/c1-18(2)15-22-8-6-20(16-24(22)26)9-11-25(13-14-27-4)12-10-21-7-5-19(3)23(21)17-25/h5-8,16,18-19,27H,9-15,17H2,1-4H3. The third kappa shape index (κ3) is 4.90. The average molecular weight is 370 g/mol. The Labute approximate surface area is 165 Å². The topological polar surface area (TPSA) is 12.0 Å². The zero-order valence-corrected chi connectivity index (χ0v) is 17.6. The highest BCUT2D eigenvalue weighted by atomic mass is 19.1. The molecule has 2 atom stereocenters. The fourth-order valence-corrected chi connectivity index (χ4v) is 4.89. The highest BCUT2D eigenvalue weighted by Gasteiger charge is 2.36. The van der Waals surface area contributed by atoms with E-state index in [2.05, 4.69) is 44.3 Å². The van der Waals surface area contributed by atoms with Crippen molar-refractivity contribution in [3.63, 3.8) is 0 Å². The quantitative estimate of drug-likeness (QED) is 0.572. The molecule has 1 N–H and O–H groups in total. The molecule has 0 heterocycles. The molecule has 2 heteroatoms. The summed E-state index contributed by atoms with van der Waals surface area (Å²) in [6.45, 7) is 7.68. The van der Waals surface area contributed by atoms with Gasteiger partial charge in [0.1, 0.15) is 5.82 Å². The Morgan fingerprint density at radius 1 is 1.26 bits per heavy atom. The van der Waals surface area contributed by atoms with Crippen LogP contribution in [0.15, 0.2) is 41.5 Å². The van der Waals surface area contributed by atoms with Crippen molar-refractivity contribution in [3.05, 3.63) is 58.4 Å². The smallest absolute Gasteiger partial charge is 0.126 e. The monoisotopic (exact) mass is 369 g/mol. The Kier molecular flexibility index (Phi) is 6.57. The molecule has 1 aromatic rings. The van der Waals surface area contributed by atoms with E-state index in [4.69, 9.17) is 0 Å². The molecule has 1 nitrogen and oxygen atoms in total. The van der Waals surface area contributed by atoms with Crippen molar-refractivity contribution in [1.29, 1.82) is 0 Å². The van der Waals surface area contributed by atoms with Crippen LogP contribution in [0.5, 0.6) is 0 Å². The maximum atomic E-state index is 14.5. The molecule has 0 aliphatic heterocycles. The highest BCUT2D eigenvalue weighted by Crippen LogP contribution is 2.49. The second-order valence-corrected chi connectivity index (χ2v) is 9.25. The lowest BCUT2D eigenvalue weighted by Crippen LogP contribution is -2.30. The van der Waals surface area contributed by atoms with Crippen LogP contribution in [0.2, 0.25) is 0 Å². The predicted octanol–water partition coefficient (Wildman–Crippen LogP) is 6.24. The number of benzene rings is 1. The first kappa shape index (κ1) is 20.3. The van der Waals surface area contributed by atoms with E-state index in [0.717, 1.165) is 36.9 Å². The van der Waals surface area contributed by atoms with E-state index in [0.29, 0.717) is 17.3 Å². The van der Waals surface area contributed by atoms with Crippen molar-refractivity contribution in [1.82, 2.24) is 5.32 Å². The van der Waals surface area contributed by atoms with Crippen molar-refractivity contribution in [3.8, 4) is 0 Å². The van der Waals surface area contributed by atoms with Crippen LogP contribution in [0.4, 0.5) is 4.39 Å². The van der Waals surface area contributed by atoms with E-state index in [-0.39, 0.29) is 5.82 Å². The highest BCUT2D eigenvalue weighted by molar-refractivity contribution is 5.39. The molecule has 0 radical (unpaired) electrons. The summed E-state index contributed by atoms with van der Waals surface area (Å²) in [5.74, 6) is 1.07. The SMILES string of the molecule is CNCCC1(CCc2ccc(CC(C)C)c(F)c2)CCC2=C(C1)C(C)C=C2. The Bertz CT molecular complexity index is 715. The maximum Gasteiger partial charge on any atom is 0.126 e. The van der Waals surface area contributed by atoms with E-state index >= 15 is 0 Å². The molecule has 2 aliphatic carbocycles. The lowest BCUT2D eigenvalue weighted by molar-refractivity contribution is 0.201. The molecule has 3 rings (SSSR count). The van der Waals surface area contributed by atoms with Gasteiger partial charge in [-0.2, -0.15) is 0 Å². The van der Waals surface area contributed by atoms with Gasteiger partial charge in [0.05, 0.1) is 0 Å². The maximum absolute atomic E-state index is 14.5. The third-order valence-electron chi connectivity index (χ3n) is 6.63. The van der Waals surface area contributed by atoms with E-state index in [1.54, 1.807) is 17.2 Å². The number of rotatable bonds is 8. The fourth-order valence-electron chi connectivity index (χ4n) is 4.89. The molecule has 1 aromatic carbocycles. The summed E-state index contributed by atoms with van der Waals surface area (Å²) in [5, 5.41) is 3.35. The van der Waals surface area contributed by atoms with Gasteiger partial charge in [0.2, 0.25) is 0 Å². The van der Waals surface area contributed by atoms with Gasteiger partial charge in [0.15, 0.2) is 0 Å². The van der Waals surface area contributed by atoms with Gasteiger partial charge in [-0.25, -0.2) is 4.39 Å². The predicted molar refractivity (Wildman–Crippen MR) is 113 cm³/mol. The summed E-state index contributed by atoms with van der Waals surface area (Å²) in [5.41, 5.74) is 5.62. The third-order valence-corrected chi connectivity index (χ3v) is 6.63. The minimum Gasteiger partial charge on any atom is -0.320 e. The van der Waals surface area contributed by atoms with Gasteiger partial charge in [0, 0.05) is 0 Å². The van der Waals surface area contributed by atoms with Crippen LogP contribution in [-0.2, 0) is 12.8 Å². The molecule has 27 heavy (non-hydrogen) atoms. The summed E-state index contributed by atoms with van der Waals surface area (Å²) in [7, 11) is 2.05. The van der Waals surface area contributed by atoms with Crippen LogP contribution in [0.1, 0.15) is 64.0 Å². The number of aryl methyl sites for hydroxylation is 1. The Hall–Kier alpha value is -1.41. The van der Waals surface area contributed by atoms with Gasteiger partial charge >= 0.3 is 0 Å². The van der Waals surface area contributed by atoms with Gasteiger partial charge < -0.3 is 5.32 Å². The van der Waals surface area contributed by atoms with E-state index < -0.39 is 0 Å². The zero-order chi connectivity index (χ0) is 19.4. The molecular formula is C25H36FN. The first-order valence-electron chi connectivity index (χ1n) is 10.7. The summed E-state index contributed by atoms with van der Waals surface area (Å²) < 4.78 is 14.5. The van der Waals surface area contributed by atoms with Crippen LogP contribution in [0.3, 0.4) is 0 Å². The molecule has 2 unspecified atom stereocenters. The summed E-state index contributed by atoms with van der Waals surface area (Å²) in [4.78, 5) is 0. The zero-order valence-electron chi connectivity index (χ0n) is 17.6. The molecule has 0 bridgehead atoms. The van der Waals surface area contributed by atoms with E-state index in [9.17, 15) is 4.39 Å². The largest absolute Gasteiger partial charge is 0.320 e. The number of halogens is 1. The van der Waals surface area contributed by atoms with Gasteiger partial charge in [0.25, 0.3) is 0 Å². The molecular weight excluding hydrogens is 333 g/mol. The normalized spacial score (nSPS) is 24.7. The second-order valence-electron chi connectivity index (χ2n) is 9.25. The van der Waals surface area contributed by atoms with Crippen LogP contribution in [0, 0.1) is 23.1 Å². The molecule has 0 amide bonds. The van der Waals surface area contributed by atoms with Crippen LogP contribution >= 0.6 is 0 Å². The molecule has 2 aliphatic rings. The van der Waals surface area contributed by atoms with Crippen LogP contribution in [0.25, 0.3) is 0 Å². The Morgan fingerprint density at radius 3 is 2.78 bits per heavy atom. The number of hydrogen-bond donors (Lipinski definition) is 1. The number of allylic oxidation sites excluding steroid dienone is 4. The lowest BCUT2D eigenvalue weighted by Gasteiger charge is -2.39. The first-order valence-corrected chi connectivity index (χ1v) is 10.7. The summed E-state index contributed by atoms with van der Waals surface area (Å²) >= 11 is 0. The minimum atomic E-state index is -0.0206. The molecule has 0 saturated heterocycles. The minimum absolute atomic E-state index is 0.0206. The molecule has 0 saturated carbocycles. The van der Waals surface area contributed by atoms with E-state index in [1.165, 1.54) is 25.7 Å². The van der Waals surface area contributed by atoms with Crippen molar-refractivity contribution in [2.75, 3.05) is 13.6 Å². The molecule has 0 spiro atoms. The van der Waals surface area contributed by atoms with E-state index in [1.807, 2.05) is 13.1 Å². The first-order chi connectivity index (χ1) is 12.9. The van der Waals surface area contributed by atoms with Crippen molar-refractivity contribution in [2.45, 2.75) is 65.7 Å². The summed E-state index contributed by atoms with van der Waals surface area (Å²) in [6, 6.07) is 5.95. The number of nitrogens with one attached hydrogen (secondary N) is 1. The molecule has 0 fully saturated rings. The second kappa shape index (κ2) is 8.73. The Morgan fingerprint density at radius 2 is 2.07 bits per heavy atom. The van der Waals surface area contributed by atoms with Gasteiger partial charge in [-0.1, -0.05) is 50.6 Å². The molecule has 0 aromatic heterocycles. The Balaban J connectivity index is 1.70. The van der Waals surface area contributed by atoms with Gasteiger partial charge in [-0.3, -0.25) is 0 Å². The fraction of sp³-hybridized carbons (Fsp3) is 0.600.